The van der Waals surface area contributed by atoms with Crippen LogP contribution in [-0.4, -0.2) is 40.4 Å². The van der Waals surface area contributed by atoms with E-state index in [9.17, 15) is 9.59 Å². The van der Waals surface area contributed by atoms with E-state index in [1.54, 1.807) is 36.7 Å². The maximum absolute atomic E-state index is 12.5. The van der Waals surface area contributed by atoms with Crippen molar-refractivity contribution in [1.29, 1.82) is 0 Å². The number of amides is 2. The first kappa shape index (κ1) is 19.9. The predicted molar refractivity (Wildman–Crippen MR) is 107 cm³/mol. The van der Waals surface area contributed by atoms with Gasteiger partial charge in [0.25, 0.3) is 11.8 Å². The standard InChI is InChI=1S/C22H27N3O3/c1-16-4-3-5-17(2)25(16)21(26)15-28-20-8-6-19(7-9-20)22(27)24-14-18-10-12-23-13-11-18/h6-13,16-17H,3-5,14-15H2,1-2H3,(H,24,27). The van der Waals surface area contributed by atoms with Crippen LogP contribution in [0.4, 0.5) is 0 Å². The Morgan fingerprint density at radius 1 is 1.07 bits per heavy atom. The van der Waals surface area contributed by atoms with Crippen molar-refractivity contribution in [2.45, 2.75) is 51.7 Å². The Kier molecular flexibility index (Phi) is 6.63. The van der Waals surface area contributed by atoms with Crippen LogP contribution in [0.3, 0.4) is 0 Å². The fraction of sp³-hybridized carbons (Fsp3) is 0.409. The van der Waals surface area contributed by atoms with Gasteiger partial charge < -0.3 is 15.0 Å². The highest BCUT2D eigenvalue weighted by atomic mass is 16.5. The minimum Gasteiger partial charge on any atom is -0.484 e. The van der Waals surface area contributed by atoms with Crippen molar-refractivity contribution >= 4 is 11.8 Å². The summed E-state index contributed by atoms with van der Waals surface area (Å²) in [4.78, 5) is 30.7. The second-order valence-electron chi connectivity index (χ2n) is 7.28. The lowest BCUT2D eigenvalue weighted by atomic mass is 9.97. The molecule has 6 nitrogen and oxygen atoms in total. The molecule has 2 amide bonds. The Labute approximate surface area is 165 Å². The molecule has 1 aromatic heterocycles. The van der Waals surface area contributed by atoms with E-state index < -0.39 is 0 Å². The van der Waals surface area contributed by atoms with Gasteiger partial charge in [-0.15, -0.1) is 0 Å². The molecule has 0 spiro atoms. The lowest BCUT2D eigenvalue weighted by Crippen LogP contribution is -2.49. The van der Waals surface area contributed by atoms with Gasteiger partial charge in [0.2, 0.25) is 0 Å². The highest BCUT2D eigenvalue weighted by Crippen LogP contribution is 2.23. The van der Waals surface area contributed by atoms with E-state index in [1.807, 2.05) is 17.0 Å². The molecule has 28 heavy (non-hydrogen) atoms. The molecule has 1 aliphatic rings. The second kappa shape index (κ2) is 9.35. The molecule has 2 atom stereocenters. The summed E-state index contributed by atoms with van der Waals surface area (Å²) in [5.41, 5.74) is 1.54. The van der Waals surface area contributed by atoms with E-state index in [1.165, 1.54) is 0 Å². The number of carbonyl (C=O) groups excluding carboxylic acids is 2. The van der Waals surface area contributed by atoms with Gasteiger partial charge >= 0.3 is 0 Å². The first-order chi connectivity index (χ1) is 13.5. The van der Waals surface area contributed by atoms with E-state index >= 15 is 0 Å². The van der Waals surface area contributed by atoms with Gasteiger partial charge in [-0.1, -0.05) is 0 Å². The Balaban J connectivity index is 1.50. The molecule has 3 rings (SSSR count). The van der Waals surface area contributed by atoms with Crippen LogP contribution in [0.5, 0.6) is 5.75 Å². The number of hydrogen-bond donors (Lipinski definition) is 1. The molecule has 2 aromatic rings. The Morgan fingerprint density at radius 2 is 1.71 bits per heavy atom. The van der Waals surface area contributed by atoms with Gasteiger partial charge in [0, 0.05) is 36.6 Å². The minimum absolute atomic E-state index is 0.0128. The number of ether oxygens (including phenoxy) is 1. The molecule has 0 radical (unpaired) electrons. The molecule has 1 aliphatic heterocycles. The van der Waals surface area contributed by atoms with E-state index in [4.69, 9.17) is 4.74 Å². The number of piperidine rings is 1. The fourth-order valence-electron chi connectivity index (χ4n) is 3.62. The summed E-state index contributed by atoms with van der Waals surface area (Å²) in [5.74, 6) is 0.436. The number of benzene rings is 1. The van der Waals surface area contributed by atoms with Gasteiger partial charge in [-0.05, 0) is 75.1 Å². The molecule has 2 heterocycles. The number of aromatic nitrogens is 1. The van der Waals surface area contributed by atoms with Crippen molar-refractivity contribution in [3.63, 3.8) is 0 Å². The summed E-state index contributed by atoms with van der Waals surface area (Å²) < 4.78 is 5.65. The summed E-state index contributed by atoms with van der Waals surface area (Å²) in [6.07, 6.45) is 6.64. The number of nitrogens with one attached hydrogen (secondary N) is 1. The second-order valence-corrected chi connectivity index (χ2v) is 7.28. The molecule has 1 N–H and O–H groups in total. The third kappa shape index (κ3) is 5.09. The molecular weight excluding hydrogens is 354 g/mol. The molecule has 1 fully saturated rings. The van der Waals surface area contributed by atoms with E-state index in [2.05, 4.69) is 24.1 Å². The molecule has 6 heteroatoms. The zero-order chi connectivity index (χ0) is 19.9. The largest absolute Gasteiger partial charge is 0.484 e. The molecule has 2 unspecified atom stereocenters. The molecule has 1 aromatic carbocycles. The SMILES string of the molecule is CC1CCCC(C)N1C(=O)COc1ccc(C(=O)NCc2ccncc2)cc1. The van der Waals surface area contributed by atoms with Crippen molar-refractivity contribution in [2.75, 3.05) is 6.61 Å². The third-order valence-corrected chi connectivity index (χ3v) is 5.16. The Bertz CT molecular complexity index is 782. The van der Waals surface area contributed by atoms with Gasteiger partial charge in [-0.3, -0.25) is 14.6 Å². The van der Waals surface area contributed by atoms with Gasteiger partial charge in [0.15, 0.2) is 6.61 Å². The predicted octanol–water partition coefficient (Wildman–Crippen LogP) is 3.18. The van der Waals surface area contributed by atoms with Crippen LogP contribution >= 0.6 is 0 Å². The molecule has 1 saturated heterocycles. The number of likely N-dealkylation sites (tertiary alicyclic amines) is 1. The van der Waals surface area contributed by atoms with Crippen LogP contribution in [0.2, 0.25) is 0 Å². The Hall–Kier alpha value is -2.89. The van der Waals surface area contributed by atoms with Crippen molar-refractivity contribution in [2.24, 2.45) is 0 Å². The lowest BCUT2D eigenvalue weighted by Gasteiger charge is -2.38. The van der Waals surface area contributed by atoms with E-state index in [0.29, 0.717) is 17.9 Å². The van der Waals surface area contributed by atoms with Crippen molar-refractivity contribution in [3.05, 3.63) is 59.9 Å². The van der Waals surface area contributed by atoms with Crippen LogP contribution in [0, 0.1) is 0 Å². The minimum atomic E-state index is -0.157. The summed E-state index contributed by atoms with van der Waals surface area (Å²) >= 11 is 0. The zero-order valence-corrected chi connectivity index (χ0v) is 16.4. The van der Waals surface area contributed by atoms with Gasteiger partial charge in [-0.25, -0.2) is 0 Å². The van der Waals surface area contributed by atoms with Gasteiger partial charge in [-0.2, -0.15) is 0 Å². The Morgan fingerprint density at radius 3 is 2.36 bits per heavy atom. The van der Waals surface area contributed by atoms with E-state index in [-0.39, 0.29) is 30.5 Å². The monoisotopic (exact) mass is 381 g/mol. The fourth-order valence-corrected chi connectivity index (χ4v) is 3.62. The molecule has 0 saturated carbocycles. The zero-order valence-electron chi connectivity index (χ0n) is 16.4. The highest BCUT2D eigenvalue weighted by Gasteiger charge is 2.28. The van der Waals surface area contributed by atoms with Crippen LogP contribution in [0.25, 0.3) is 0 Å². The van der Waals surface area contributed by atoms with Crippen molar-refractivity contribution in [1.82, 2.24) is 15.2 Å². The first-order valence-electron chi connectivity index (χ1n) is 9.75. The maximum Gasteiger partial charge on any atom is 0.260 e. The number of nitrogens with zero attached hydrogens (tertiary/aromatic N) is 2. The number of rotatable bonds is 6. The maximum atomic E-state index is 12.5. The number of hydrogen-bond acceptors (Lipinski definition) is 4. The normalized spacial score (nSPS) is 19.1. The number of pyridine rings is 1. The van der Waals surface area contributed by atoms with Crippen LogP contribution in [0.1, 0.15) is 49.0 Å². The smallest absolute Gasteiger partial charge is 0.260 e. The highest BCUT2D eigenvalue weighted by molar-refractivity contribution is 5.94. The third-order valence-electron chi connectivity index (χ3n) is 5.16. The van der Waals surface area contributed by atoms with Gasteiger partial charge in [0.05, 0.1) is 0 Å². The van der Waals surface area contributed by atoms with Crippen molar-refractivity contribution in [3.8, 4) is 5.75 Å². The molecule has 148 valence electrons. The molecule has 0 aliphatic carbocycles. The average Bonchev–Trinajstić information content (AvgIpc) is 2.71. The number of carbonyl (C=O) groups is 2. The molecule has 0 bridgehead atoms. The summed E-state index contributed by atoms with van der Waals surface area (Å²) in [5, 5.41) is 2.87. The van der Waals surface area contributed by atoms with Crippen LogP contribution in [-0.2, 0) is 11.3 Å². The van der Waals surface area contributed by atoms with Crippen LogP contribution in [0.15, 0.2) is 48.8 Å². The summed E-state index contributed by atoms with van der Waals surface area (Å²) in [6.45, 7) is 4.64. The topological polar surface area (TPSA) is 71.5 Å². The molecular formula is C22H27N3O3. The average molecular weight is 381 g/mol. The quantitative estimate of drug-likeness (QED) is 0.834. The van der Waals surface area contributed by atoms with Crippen molar-refractivity contribution < 1.29 is 14.3 Å². The summed E-state index contributed by atoms with van der Waals surface area (Å²) in [7, 11) is 0. The van der Waals surface area contributed by atoms with Gasteiger partial charge in [0.1, 0.15) is 5.75 Å². The van der Waals surface area contributed by atoms with Crippen LogP contribution < -0.4 is 10.1 Å². The first-order valence-corrected chi connectivity index (χ1v) is 9.75. The van der Waals surface area contributed by atoms with E-state index in [0.717, 1.165) is 24.8 Å². The summed E-state index contributed by atoms with van der Waals surface area (Å²) in [6, 6.07) is 11.1. The lowest BCUT2D eigenvalue weighted by molar-refractivity contribution is -0.139.